The van der Waals surface area contributed by atoms with E-state index in [1.54, 1.807) is 34.9 Å². The summed E-state index contributed by atoms with van der Waals surface area (Å²) in [7, 11) is 4.98. The topological polar surface area (TPSA) is 105 Å². The third-order valence-corrected chi connectivity index (χ3v) is 6.12. The van der Waals surface area contributed by atoms with Crippen LogP contribution < -0.4 is 9.47 Å². The Labute approximate surface area is 185 Å². The van der Waals surface area contributed by atoms with Crippen molar-refractivity contribution in [3.05, 3.63) is 40.8 Å². The minimum absolute atomic E-state index is 0.125. The predicted molar refractivity (Wildman–Crippen MR) is 112 cm³/mol. The summed E-state index contributed by atoms with van der Waals surface area (Å²) in [5.74, 6) is 2.29. The van der Waals surface area contributed by atoms with Gasteiger partial charge in [-0.1, -0.05) is 5.16 Å². The van der Waals surface area contributed by atoms with Gasteiger partial charge in [0.15, 0.2) is 11.5 Å². The van der Waals surface area contributed by atoms with Gasteiger partial charge in [0.25, 0.3) is 11.8 Å². The first kappa shape index (κ1) is 20.5. The van der Waals surface area contributed by atoms with Crippen LogP contribution in [-0.4, -0.2) is 58.2 Å². The number of carbonyl (C=O) groups excluding carboxylic acids is 1. The summed E-state index contributed by atoms with van der Waals surface area (Å²) in [6.45, 7) is 2.26. The first-order valence-corrected chi connectivity index (χ1v) is 10.6. The Morgan fingerprint density at radius 1 is 1.16 bits per heavy atom. The lowest BCUT2D eigenvalue weighted by atomic mass is 10.00. The van der Waals surface area contributed by atoms with Gasteiger partial charge in [0.1, 0.15) is 11.5 Å². The van der Waals surface area contributed by atoms with Gasteiger partial charge in [0.05, 0.1) is 38.6 Å². The summed E-state index contributed by atoms with van der Waals surface area (Å²) in [4.78, 5) is 19.7. The first-order chi connectivity index (χ1) is 15.6. The molecule has 1 saturated heterocycles. The molecular weight excluding hydrogens is 414 g/mol. The summed E-state index contributed by atoms with van der Waals surface area (Å²) in [6.07, 6.45) is 1.76. The Kier molecular flexibility index (Phi) is 5.30. The molecule has 0 radical (unpaired) electrons. The molecule has 10 heteroatoms. The summed E-state index contributed by atoms with van der Waals surface area (Å²) >= 11 is 0. The second-order valence-corrected chi connectivity index (χ2v) is 7.97. The second-order valence-electron chi connectivity index (χ2n) is 7.97. The fraction of sp³-hybridized carbons (Fsp3) is 0.455. The molecule has 1 fully saturated rings. The van der Waals surface area contributed by atoms with E-state index in [4.69, 9.17) is 18.7 Å². The average Bonchev–Trinajstić information content (AvgIpc) is 3.56. The number of aromatic nitrogens is 4. The van der Waals surface area contributed by atoms with E-state index in [-0.39, 0.29) is 11.8 Å². The lowest BCUT2D eigenvalue weighted by Crippen LogP contribution is -2.26. The van der Waals surface area contributed by atoms with Crippen LogP contribution in [0.15, 0.2) is 22.7 Å². The van der Waals surface area contributed by atoms with Crippen molar-refractivity contribution >= 4 is 5.91 Å². The Morgan fingerprint density at radius 3 is 2.72 bits per heavy atom. The molecule has 2 aliphatic rings. The molecule has 2 aliphatic heterocycles. The van der Waals surface area contributed by atoms with Crippen molar-refractivity contribution in [2.75, 3.05) is 27.4 Å². The van der Waals surface area contributed by atoms with Crippen LogP contribution in [0.25, 0.3) is 11.6 Å². The van der Waals surface area contributed by atoms with Crippen LogP contribution in [0.3, 0.4) is 0 Å². The van der Waals surface area contributed by atoms with Gasteiger partial charge in [-0.15, -0.1) is 0 Å². The number of nitrogens with zero attached hydrogens (tertiary/aromatic N) is 5. The van der Waals surface area contributed by atoms with E-state index in [9.17, 15) is 4.79 Å². The average molecular weight is 439 g/mol. The Morgan fingerprint density at radius 2 is 1.97 bits per heavy atom. The molecule has 0 spiro atoms. The van der Waals surface area contributed by atoms with E-state index in [1.807, 2.05) is 7.05 Å². The molecule has 5 rings (SSSR count). The molecule has 0 N–H and O–H groups in total. The fourth-order valence-corrected chi connectivity index (χ4v) is 4.31. The molecule has 4 heterocycles. The Hall–Kier alpha value is -3.40. The van der Waals surface area contributed by atoms with Crippen LogP contribution in [-0.2, 0) is 24.9 Å². The normalized spacial score (nSPS) is 16.3. The predicted octanol–water partition coefficient (Wildman–Crippen LogP) is 2.54. The summed E-state index contributed by atoms with van der Waals surface area (Å²) in [5, 5.41) is 8.79. The van der Waals surface area contributed by atoms with Gasteiger partial charge in [0, 0.05) is 37.8 Å². The van der Waals surface area contributed by atoms with Gasteiger partial charge in [-0.2, -0.15) is 10.1 Å². The number of fused-ring (bicyclic) bond motifs is 1. The van der Waals surface area contributed by atoms with Crippen LogP contribution in [0.2, 0.25) is 0 Å². The fourth-order valence-electron chi connectivity index (χ4n) is 4.31. The molecule has 3 aromatic rings. The van der Waals surface area contributed by atoms with Gasteiger partial charge in [-0.25, -0.2) is 0 Å². The van der Waals surface area contributed by atoms with Gasteiger partial charge < -0.3 is 23.6 Å². The number of benzene rings is 1. The van der Waals surface area contributed by atoms with Crippen molar-refractivity contribution in [1.82, 2.24) is 24.8 Å². The molecule has 0 aliphatic carbocycles. The zero-order valence-electron chi connectivity index (χ0n) is 18.3. The lowest BCUT2D eigenvalue weighted by Gasteiger charge is -2.18. The quantitative estimate of drug-likeness (QED) is 0.597. The highest BCUT2D eigenvalue weighted by atomic mass is 16.5. The molecule has 0 unspecified atom stereocenters. The van der Waals surface area contributed by atoms with Crippen molar-refractivity contribution in [2.24, 2.45) is 7.05 Å². The smallest absolute Gasteiger partial charge is 0.278 e. The molecule has 32 heavy (non-hydrogen) atoms. The highest BCUT2D eigenvalue weighted by Crippen LogP contribution is 2.35. The third kappa shape index (κ3) is 3.50. The summed E-state index contributed by atoms with van der Waals surface area (Å²) in [5.41, 5.74) is 2.99. The van der Waals surface area contributed by atoms with E-state index >= 15 is 0 Å². The van der Waals surface area contributed by atoms with Gasteiger partial charge >= 0.3 is 0 Å². The Balaban J connectivity index is 1.40. The summed E-state index contributed by atoms with van der Waals surface area (Å²) in [6, 6.07) is 5.18. The van der Waals surface area contributed by atoms with Gasteiger partial charge in [0.2, 0.25) is 0 Å². The molecule has 1 aromatic carbocycles. The number of hydrogen-bond donors (Lipinski definition) is 0. The minimum Gasteiger partial charge on any atom is -0.497 e. The van der Waals surface area contributed by atoms with Crippen LogP contribution in [0, 0.1) is 0 Å². The largest absolute Gasteiger partial charge is 0.497 e. The Bertz CT molecular complexity index is 1150. The number of carbonyl (C=O) groups is 1. The number of aryl methyl sites for hydroxylation is 1. The molecule has 0 atom stereocenters. The maximum absolute atomic E-state index is 13.3. The maximum atomic E-state index is 13.3. The third-order valence-electron chi connectivity index (χ3n) is 6.12. The number of ether oxygens (including phenoxy) is 3. The first-order valence-electron chi connectivity index (χ1n) is 10.6. The number of rotatable bonds is 5. The van der Waals surface area contributed by atoms with E-state index in [0.717, 1.165) is 24.1 Å². The van der Waals surface area contributed by atoms with E-state index in [0.29, 0.717) is 60.8 Å². The minimum atomic E-state index is -0.125. The standard InChI is InChI=1S/C22H25N5O5/c1-26-17-12-27(22(28)15-5-4-14(29-2)10-18(15)30-3)11-16(17)19(24-26)21-23-20(25-32-21)13-6-8-31-9-7-13/h4-5,10,13H,6-9,11-12H2,1-3H3. The van der Waals surface area contributed by atoms with Crippen molar-refractivity contribution in [3.8, 4) is 23.1 Å². The second kappa shape index (κ2) is 8.27. The highest BCUT2D eigenvalue weighted by molar-refractivity contribution is 5.97. The zero-order chi connectivity index (χ0) is 22.2. The van der Waals surface area contributed by atoms with E-state index < -0.39 is 0 Å². The molecule has 10 nitrogen and oxygen atoms in total. The van der Waals surface area contributed by atoms with Crippen LogP contribution in [0.5, 0.6) is 11.5 Å². The summed E-state index contributed by atoms with van der Waals surface area (Å²) < 4.78 is 23.4. The number of hydrogen-bond acceptors (Lipinski definition) is 8. The van der Waals surface area contributed by atoms with Crippen LogP contribution in [0.1, 0.15) is 46.2 Å². The van der Waals surface area contributed by atoms with Crippen molar-refractivity contribution in [3.63, 3.8) is 0 Å². The molecular formula is C22H25N5O5. The maximum Gasteiger partial charge on any atom is 0.278 e. The SMILES string of the molecule is COc1ccc(C(=O)N2Cc3c(-c4nc(C5CCOCC5)no4)nn(C)c3C2)c(OC)c1. The molecule has 168 valence electrons. The number of methoxy groups -OCH3 is 2. The number of amides is 1. The van der Waals surface area contributed by atoms with E-state index in [2.05, 4.69) is 15.2 Å². The van der Waals surface area contributed by atoms with Crippen molar-refractivity contribution in [2.45, 2.75) is 31.8 Å². The van der Waals surface area contributed by atoms with Crippen LogP contribution in [0.4, 0.5) is 0 Å². The molecule has 0 bridgehead atoms. The van der Waals surface area contributed by atoms with E-state index in [1.165, 1.54) is 7.11 Å². The zero-order valence-corrected chi connectivity index (χ0v) is 18.3. The van der Waals surface area contributed by atoms with Gasteiger partial charge in [-0.05, 0) is 25.0 Å². The monoisotopic (exact) mass is 439 g/mol. The lowest BCUT2D eigenvalue weighted by molar-refractivity contribution is 0.0745. The van der Waals surface area contributed by atoms with Crippen molar-refractivity contribution < 1.29 is 23.5 Å². The highest BCUT2D eigenvalue weighted by Gasteiger charge is 2.34. The van der Waals surface area contributed by atoms with Crippen LogP contribution >= 0.6 is 0 Å². The molecule has 0 saturated carbocycles. The molecule has 2 aromatic heterocycles. The molecule has 1 amide bonds. The van der Waals surface area contributed by atoms with Gasteiger partial charge in [-0.3, -0.25) is 9.48 Å². The van der Waals surface area contributed by atoms with Crippen molar-refractivity contribution in [1.29, 1.82) is 0 Å².